The third-order valence-corrected chi connectivity index (χ3v) is 4.39. The van der Waals surface area contributed by atoms with E-state index in [0.29, 0.717) is 16.8 Å². The fraction of sp³-hybridized carbons (Fsp3) is 0.421. The number of ketones is 1. The van der Waals surface area contributed by atoms with Gasteiger partial charge in [-0.25, -0.2) is 4.79 Å². The van der Waals surface area contributed by atoms with Gasteiger partial charge in [0.25, 0.3) is 5.91 Å². The highest BCUT2D eigenvalue weighted by Gasteiger charge is 2.33. The summed E-state index contributed by atoms with van der Waals surface area (Å²) in [6.07, 6.45) is 1.42. The Kier molecular flexibility index (Phi) is 5.69. The third kappa shape index (κ3) is 3.42. The lowest BCUT2D eigenvalue weighted by atomic mass is 9.99. The maximum atomic E-state index is 13.1. The molecule has 0 saturated carbocycles. The molecule has 0 spiro atoms. The third-order valence-electron chi connectivity index (χ3n) is 4.39. The van der Waals surface area contributed by atoms with Crippen molar-refractivity contribution < 1.29 is 23.5 Å². The van der Waals surface area contributed by atoms with Crippen LogP contribution >= 0.6 is 0 Å². The van der Waals surface area contributed by atoms with Crippen LogP contribution in [0.4, 0.5) is 0 Å². The Labute approximate surface area is 152 Å². The van der Waals surface area contributed by atoms with Gasteiger partial charge in [-0.1, -0.05) is 0 Å². The van der Waals surface area contributed by atoms with Crippen LogP contribution in [-0.2, 0) is 4.74 Å². The summed E-state index contributed by atoms with van der Waals surface area (Å²) in [6.45, 7) is 8.74. The fourth-order valence-electron chi connectivity index (χ4n) is 3.15. The molecule has 0 aliphatic heterocycles. The molecule has 2 heterocycles. The Balaban J connectivity index is 2.40. The van der Waals surface area contributed by atoms with E-state index >= 15 is 0 Å². The van der Waals surface area contributed by atoms with Crippen molar-refractivity contribution in [2.45, 2.75) is 46.7 Å². The molecule has 2 rings (SSSR count). The topological polar surface area (TPSA) is 92.6 Å². The molecule has 7 heteroatoms. The summed E-state index contributed by atoms with van der Waals surface area (Å²) in [5.74, 6) is -0.967. The zero-order chi connectivity index (χ0) is 19.6. The number of nitrogens with one attached hydrogen (secondary N) is 1. The highest BCUT2D eigenvalue weighted by molar-refractivity contribution is 6.07. The van der Waals surface area contributed by atoms with Gasteiger partial charge >= 0.3 is 5.97 Å². The number of Topliss-reactive ketones (excluding diaryl/α,β-unsaturated/α-hetero) is 1. The van der Waals surface area contributed by atoms with Crippen LogP contribution in [-0.4, -0.2) is 46.7 Å². The molecule has 1 amide bonds. The number of hydrogen-bond acceptors (Lipinski definition) is 5. The SMILES string of the molecule is COC(=O)c1[nH]c(C)c(C(=O)[C@H](C)N(C(=O)c2ccco2)C(C)C)c1C. The number of methoxy groups -OCH3 is 1. The molecule has 0 saturated heterocycles. The van der Waals surface area contributed by atoms with E-state index < -0.39 is 12.0 Å². The van der Waals surface area contributed by atoms with E-state index in [4.69, 9.17) is 9.15 Å². The largest absolute Gasteiger partial charge is 0.464 e. The molecule has 26 heavy (non-hydrogen) atoms. The minimum atomic E-state index is -0.730. The monoisotopic (exact) mass is 360 g/mol. The van der Waals surface area contributed by atoms with E-state index in [1.54, 1.807) is 32.9 Å². The van der Waals surface area contributed by atoms with Gasteiger partial charge in [0.1, 0.15) is 5.69 Å². The molecular formula is C19H24N2O5. The number of rotatable bonds is 6. The number of H-pyrrole nitrogens is 1. The number of amides is 1. The summed E-state index contributed by atoms with van der Waals surface area (Å²) in [5, 5.41) is 0. The van der Waals surface area contributed by atoms with Gasteiger partial charge in [0.15, 0.2) is 11.5 Å². The Bertz CT molecular complexity index is 817. The molecule has 1 atom stereocenters. The zero-order valence-electron chi connectivity index (χ0n) is 15.9. The molecule has 0 unspecified atom stereocenters. The lowest BCUT2D eigenvalue weighted by Crippen LogP contribution is -2.47. The van der Waals surface area contributed by atoms with E-state index in [1.165, 1.54) is 18.3 Å². The molecule has 140 valence electrons. The first kappa shape index (κ1) is 19.5. The normalized spacial score (nSPS) is 12.1. The molecule has 1 N–H and O–H groups in total. The molecule has 0 fully saturated rings. The van der Waals surface area contributed by atoms with Crippen LogP contribution < -0.4 is 0 Å². The number of carbonyl (C=O) groups is 3. The second-order valence-corrected chi connectivity index (χ2v) is 6.44. The van der Waals surface area contributed by atoms with Crippen LogP contribution in [0.3, 0.4) is 0 Å². The van der Waals surface area contributed by atoms with E-state index in [2.05, 4.69) is 4.98 Å². The molecule has 0 aromatic carbocycles. The molecule has 0 radical (unpaired) electrons. The number of nitrogens with zero attached hydrogens (tertiary/aromatic N) is 1. The van der Waals surface area contributed by atoms with Gasteiger partial charge in [-0.3, -0.25) is 9.59 Å². The highest BCUT2D eigenvalue weighted by atomic mass is 16.5. The molecule has 0 bridgehead atoms. The second-order valence-electron chi connectivity index (χ2n) is 6.44. The number of aromatic nitrogens is 1. The van der Waals surface area contributed by atoms with Crippen molar-refractivity contribution in [3.05, 3.63) is 46.7 Å². The van der Waals surface area contributed by atoms with Gasteiger partial charge in [-0.2, -0.15) is 0 Å². The Morgan fingerprint density at radius 3 is 2.35 bits per heavy atom. The predicted molar refractivity (Wildman–Crippen MR) is 95.4 cm³/mol. The Hall–Kier alpha value is -2.83. The van der Waals surface area contributed by atoms with Gasteiger partial charge in [0, 0.05) is 17.3 Å². The van der Waals surface area contributed by atoms with Gasteiger partial charge in [-0.05, 0) is 52.3 Å². The van der Waals surface area contributed by atoms with Gasteiger partial charge in [0.2, 0.25) is 0 Å². The van der Waals surface area contributed by atoms with Gasteiger partial charge in [0.05, 0.1) is 19.4 Å². The number of carbonyl (C=O) groups excluding carboxylic acids is 3. The van der Waals surface area contributed by atoms with Crippen LogP contribution in [0.1, 0.15) is 63.4 Å². The molecule has 2 aromatic rings. The first-order valence-electron chi connectivity index (χ1n) is 8.38. The first-order valence-corrected chi connectivity index (χ1v) is 8.38. The van der Waals surface area contributed by atoms with Gasteiger partial charge < -0.3 is 19.0 Å². The average molecular weight is 360 g/mol. The number of hydrogen-bond donors (Lipinski definition) is 1. The fourth-order valence-corrected chi connectivity index (χ4v) is 3.15. The molecular weight excluding hydrogens is 336 g/mol. The van der Waals surface area contributed by atoms with Crippen LogP contribution in [0.5, 0.6) is 0 Å². The number of aryl methyl sites for hydroxylation is 1. The first-order chi connectivity index (χ1) is 12.2. The van der Waals surface area contributed by atoms with Crippen LogP contribution in [0, 0.1) is 13.8 Å². The van der Waals surface area contributed by atoms with Crippen molar-refractivity contribution in [2.75, 3.05) is 7.11 Å². The van der Waals surface area contributed by atoms with Crippen LogP contribution in [0.2, 0.25) is 0 Å². The minimum absolute atomic E-state index is 0.177. The lowest BCUT2D eigenvalue weighted by Gasteiger charge is -2.31. The number of esters is 1. The van der Waals surface area contributed by atoms with Crippen molar-refractivity contribution in [1.29, 1.82) is 0 Å². The highest BCUT2D eigenvalue weighted by Crippen LogP contribution is 2.23. The summed E-state index contributed by atoms with van der Waals surface area (Å²) in [7, 11) is 1.28. The smallest absolute Gasteiger partial charge is 0.354 e. The number of aromatic amines is 1. The summed E-state index contributed by atoms with van der Waals surface area (Å²) in [4.78, 5) is 42.1. The van der Waals surface area contributed by atoms with Crippen molar-refractivity contribution in [2.24, 2.45) is 0 Å². The molecule has 0 aliphatic carbocycles. The summed E-state index contributed by atoms with van der Waals surface area (Å²) in [6, 6.07) is 2.25. The summed E-state index contributed by atoms with van der Waals surface area (Å²) in [5.41, 5.74) is 1.72. The molecule has 0 aliphatic rings. The maximum absolute atomic E-state index is 13.1. The number of ether oxygens (including phenoxy) is 1. The quantitative estimate of drug-likeness (QED) is 0.631. The lowest BCUT2D eigenvalue weighted by molar-refractivity contribution is 0.0540. The average Bonchev–Trinajstić information content (AvgIpc) is 3.21. The van der Waals surface area contributed by atoms with Crippen LogP contribution in [0.15, 0.2) is 22.8 Å². The summed E-state index contributed by atoms with van der Waals surface area (Å²) >= 11 is 0. The predicted octanol–water partition coefficient (Wildman–Crippen LogP) is 3.13. The molecule has 2 aromatic heterocycles. The Morgan fingerprint density at radius 2 is 1.85 bits per heavy atom. The van der Waals surface area contributed by atoms with E-state index in [-0.39, 0.29) is 29.2 Å². The van der Waals surface area contributed by atoms with E-state index in [1.807, 2.05) is 13.8 Å². The maximum Gasteiger partial charge on any atom is 0.354 e. The van der Waals surface area contributed by atoms with E-state index in [0.717, 1.165) is 0 Å². The van der Waals surface area contributed by atoms with Crippen molar-refractivity contribution in [1.82, 2.24) is 9.88 Å². The van der Waals surface area contributed by atoms with Gasteiger partial charge in [-0.15, -0.1) is 0 Å². The van der Waals surface area contributed by atoms with Crippen molar-refractivity contribution in [3.8, 4) is 0 Å². The summed E-state index contributed by atoms with van der Waals surface area (Å²) < 4.78 is 9.93. The Morgan fingerprint density at radius 1 is 1.19 bits per heavy atom. The minimum Gasteiger partial charge on any atom is -0.464 e. The standard InChI is InChI=1S/C19H24N2O5/c1-10(2)21(18(23)14-8-7-9-26-14)13(5)17(22)15-11(3)16(19(24)25-6)20-12(15)4/h7-10,13,20H,1-6H3/t13-/m0/s1. The van der Waals surface area contributed by atoms with Crippen LogP contribution in [0.25, 0.3) is 0 Å². The second kappa shape index (κ2) is 7.59. The van der Waals surface area contributed by atoms with Crippen molar-refractivity contribution >= 4 is 17.7 Å². The molecule has 7 nitrogen and oxygen atoms in total. The number of furan rings is 1. The van der Waals surface area contributed by atoms with Crippen molar-refractivity contribution in [3.63, 3.8) is 0 Å². The zero-order valence-corrected chi connectivity index (χ0v) is 15.9. The van der Waals surface area contributed by atoms with E-state index in [9.17, 15) is 14.4 Å².